The van der Waals surface area contributed by atoms with E-state index in [9.17, 15) is 0 Å². The Morgan fingerprint density at radius 2 is 2.12 bits per heavy atom. The third-order valence-electron chi connectivity index (χ3n) is 2.84. The minimum absolute atomic E-state index is 0.555. The van der Waals surface area contributed by atoms with Crippen molar-refractivity contribution in [2.45, 2.75) is 20.0 Å². The highest BCUT2D eigenvalue weighted by atomic mass is 16.3. The quantitative estimate of drug-likeness (QED) is 0.878. The van der Waals surface area contributed by atoms with Gasteiger partial charge in [-0.1, -0.05) is 17.7 Å². The summed E-state index contributed by atoms with van der Waals surface area (Å²) in [5, 5.41) is 0. The lowest BCUT2D eigenvalue weighted by Gasteiger charge is -2.21. The molecule has 1 aromatic heterocycles. The van der Waals surface area contributed by atoms with E-state index in [2.05, 4.69) is 30.0 Å². The van der Waals surface area contributed by atoms with E-state index in [4.69, 9.17) is 10.2 Å². The minimum atomic E-state index is 0.555. The van der Waals surface area contributed by atoms with Gasteiger partial charge in [0, 0.05) is 19.3 Å². The number of aryl methyl sites for hydroxylation is 1. The molecular weight excluding hydrogens is 212 g/mol. The molecule has 0 saturated carbocycles. The topological polar surface area (TPSA) is 42.4 Å². The van der Waals surface area contributed by atoms with Gasteiger partial charge in [-0.3, -0.25) is 0 Å². The molecule has 3 heteroatoms. The second-order valence-corrected chi connectivity index (χ2v) is 4.27. The van der Waals surface area contributed by atoms with Crippen LogP contribution in [0.4, 0.5) is 5.69 Å². The van der Waals surface area contributed by atoms with E-state index in [0.29, 0.717) is 6.54 Å². The van der Waals surface area contributed by atoms with Crippen LogP contribution in [-0.2, 0) is 13.1 Å². The highest BCUT2D eigenvalue weighted by Gasteiger charge is 2.08. The normalized spacial score (nSPS) is 10.5. The highest BCUT2D eigenvalue weighted by Crippen LogP contribution is 2.22. The predicted octanol–water partition coefficient (Wildman–Crippen LogP) is 2.68. The van der Waals surface area contributed by atoms with Gasteiger partial charge in [0.2, 0.25) is 0 Å². The maximum atomic E-state index is 5.78. The maximum Gasteiger partial charge on any atom is 0.123 e. The molecule has 2 rings (SSSR count). The number of hydrogen-bond donors (Lipinski definition) is 1. The lowest BCUT2D eigenvalue weighted by atomic mass is 10.1. The Hall–Kier alpha value is -1.74. The largest absolute Gasteiger partial charge is 0.467 e. The molecule has 1 aromatic carbocycles. The maximum absolute atomic E-state index is 5.78. The molecule has 1 heterocycles. The molecule has 0 atom stereocenters. The number of anilines is 1. The van der Waals surface area contributed by atoms with Gasteiger partial charge in [-0.2, -0.15) is 0 Å². The van der Waals surface area contributed by atoms with E-state index in [1.807, 2.05) is 19.2 Å². The first-order valence-corrected chi connectivity index (χ1v) is 5.74. The van der Waals surface area contributed by atoms with Crippen LogP contribution in [-0.4, -0.2) is 7.05 Å². The molecule has 0 spiro atoms. The van der Waals surface area contributed by atoms with Crippen molar-refractivity contribution < 1.29 is 4.42 Å². The summed E-state index contributed by atoms with van der Waals surface area (Å²) in [6, 6.07) is 10.2. The Kier molecular flexibility index (Phi) is 3.49. The second kappa shape index (κ2) is 5.06. The van der Waals surface area contributed by atoms with Crippen LogP contribution in [0, 0.1) is 6.92 Å². The lowest BCUT2D eigenvalue weighted by Crippen LogP contribution is -2.18. The van der Waals surface area contributed by atoms with Gasteiger partial charge in [0.1, 0.15) is 5.76 Å². The third-order valence-corrected chi connectivity index (χ3v) is 2.84. The summed E-state index contributed by atoms with van der Waals surface area (Å²) in [7, 11) is 2.05. The molecule has 0 unspecified atom stereocenters. The summed E-state index contributed by atoms with van der Waals surface area (Å²) in [4.78, 5) is 2.15. The Labute approximate surface area is 102 Å². The van der Waals surface area contributed by atoms with Crippen molar-refractivity contribution in [2.24, 2.45) is 5.73 Å². The smallest absolute Gasteiger partial charge is 0.123 e. The van der Waals surface area contributed by atoms with E-state index in [1.54, 1.807) is 6.26 Å². The van der Waals surface area contributed by atoms with E-state index < -0.39 is 0 Å². The molecule has 2 N–H and O–H groups in total. The van der Waals surface area contributed by atoms with Crippen LogP contribution in [0.25, 0.3) is 0 Å². The Morgan fingerprint density at radius 1 is 1.29 bits per heavy atom. The third kappa shape index (κ3) is 2.68. The molecule has 0 saturated heterocycles. The highest BCUT2D eigenvalue weighted by molar-refractivity contribution is 5.54. The molecule has 90 valence electrons. The summed E-state index contributed by atoms with van der Waals surface area (Å²) >= 11 is 0. The number of nitrogens with two attached hydrogens (primary N) is 1. The van der Waals surface area contributed by atoms with Crippen LogP contribution in [0.1, 0.15) is 16.9 Å². The van der Waals surface area contributed by atoms with Crippen molar-refractivity contribution >= 4 is 5.69 Å². The molecule has 0 radical (unpaired) electrons. The van der Waals surface area contributed by atoms with E-state index in [1.165, 1.54) is 11.1 Å². The summed E-state index contributed by atoms with van der Waals surface area (Å²) in [6.45, 7) is 3.39. The molecule has 0 aliphatic carbocycles. The zero-order valence-electron chi connectivity index (χ0n) is 10.3. The van der Waals surface area contributed by atoms with Crippen molar-refractivity contribution in [2.75, 3.05) is 11.9 Å². The van der Waals surface area contributed by atoms with Gasteiger partial charge in [0.05, 0.1) is 12.8 Å². The molecule has 0 aliphatic heterocycles. The summed E-state index contributed by atoms with van der Waals surface area (Å²) in [5.74, 6) is 0.955. The van der Waals surface area contributed by atoms with Crippen molar-refractivity contribution in [3.8, 4) is 0 Å². The Bertz CT molecular complexity index is 477. The fourth-order valence-corrected chi connectivity index (χ4v) is 1.97. The monoisotopic (exact) mass is 230 g/mol. The van der Waals surface area contributed by atoms with Crippen LogP contribution in [0.3, 0.4) is 0 Å². The zero-order valence-corrected chi connectivity index (χ0v) is 10.3. The van der Waals surface area contributed by atoms with E-state index >= 15 is 0 Å². The predicted molar refractivity (Wildman–Crippen MR) is 69.9 cm³/mol. The van der Waals surface area contributed by atoms with E-state index in [-0.39, 0.29) is 0 Å². The number of hydrogen-bond acceptors (Lipinski definition) is 3. The first kappa shape index (κ1) is 11.7. The second-order valence-electron chi connectivity index (χ2n) is 4.27. The van der Waals surface area contributed by atoms with E-state index in [0.717, 1.165) is 18.0 Å². The van der Waals surface area contributed by atoms with Gasteiger partial charge in [-0.25, -0.2) is 0 Å². The number of furan rings is 1. The number of rotatable bonds is 4. The fourth-order valence-electron chi connectivity index (χ4n) is 1.97. The van der Waals surface area contributed by atoms with Crippen molar-refractivity contribution in [3.05, 3.63) is 53.5 Å². The van der Waals surface area contributed by atoms with Crippen molar-refractivity contribution in [1.29, 1.82) is 0 Å². The number of benzene rings is 1. The Balaban J connectivity index is 2.21. The fraction of sp³-hybridized carbons (Fsp3) is 0.286. The van der Waals surface area contributed by atoms with Crippen LogP contribution in [0.2, 0.25) is 0 Å². The average molecular weight is 230 g/mol. The Morgan fingerprint density at radius 3 is 2.76 bits per heavy atom. The first-order chi connectivity index (χ1) is 8.20. The lowest BCUT2D eigenvalue weighted by molar-refractivity contribution is 0.507. The minimum Gasteiger partial charge on any atom is -0.467 e. The van der Waals surface area contributed by atoms with Gasteiger partial charge in [0.15, 0.2) is 0 Å². The van der Waals surface area contributed by atoms with Crippen LogP contribution < -0.4 is 10.6 Å². The molecule has 17 heavy (non-hydrogen) atoms. The van der Waals surface area contributed by atoms with Gasteiger partial charge in [0.25, 0.3) is 0 Å². The van der Waals surface area contributed by atoms with Crippen LogP contribution in [0.5, 0.6) is 0 Å². The summed E-state index contributed by atoms with van der Waals surface area (Å²) in [6.07, 6.45) is 1.70. The molecule has 0 bridgehead atoms. The standard InChI is InChI=1S/C14H18N2O/c1-11-5-6-14(12(8-11)9-15)16(2)10-13-4-3-7-17-13/h3-8H,9-10,15H2,1-2H3. The van der Waals surface area contributed by atoms with Crippen molar-refractivity contribution in [1.82, 2.24) is 0 Å². The average Bonchev–Trinajstić information content (AvgIpc) is 2.81. The van der Waals surface area contributed by atoms with Gasteiger partial charge >= 0.3 is 0 Å². The van der Waals surface area contributed by atoms with Crippen LogP contribution >= 0.6 is 0 Å². The summed E-state index contributed by atoms with van der Waals surface area (Å²) < 4.78 is 5.35. The van der Waals surface area contributed by atoms with Gasteiger partial charge < -0.3 is 15.1 Å². The van der Waals surface area contributed by atoms with Gasteiger partial charge in [-0.15, -0.1) is 0 Å². The summed E-state index contributed by atoms with van der Waals surface area (Å²) in [5.41, 5.74) is 9.34. The molecule has 0 aliphatic rings. The zero-order chi connectivity index (χ0) is 12.3. The van der Waals surface area contributed by atoms with Gasteiger partial charge in [-0.05, 0) is 30.7 Å². The molecule has 2 aromatic rings. The molecule has 3 nitrogen and oxygen atoms in total. The van der Waals surface area contributed by atoms with Crippen molar-refractivity contribution in [3.63, 3.8) is 0 Å². The SMILES string of the molecule is Cc1ccc(N(C)Cc2ccco2)c(CN)c1. The molecule has 0 amide bonds. The first-order valence-electron chi connectivity index (χ1n) is 5.74. The van der Waals surface area contributed by atoms with Crippen LogP contribution in [0.15, 0.2) is 41.0 Å². The molecular formula is C14H18N2O. The number of nitrogens with zero attached hydrogens (tertiary/aromatic N) is 1. The molecule has 0 fully saturated rings.